The average Bonchev–Trinajstić information content (AvgIpc) is 2.65. The molecule has 0 fully saturated rings. The van der Waals surface area contributed by atoms with E-state index >= 15 is 0 Å². The van der Waals surface area contributed by atoms with Crippen LogP contribution in [-0.2, 0) is 5.41 Å². The molecule has 90 valence electrons. The van der Waals surface area contributed by atoms with Crippen LogP contribution in [0.2, 0.25) is 0 Å². The van der Waals surface area contributed by atoms with Gasteiger partial charge in [-0.25, -0.2) is 4.68 Å². The highest BCUT2D eigenvalue weighted by Crippen LogP contribution is 2.22. The molecule has 0 radical (unpaired) electrons. The van der Waals surface area contributed by atoms with E-state index in [-0.39, 0.29) is 5.41 Å². The summed E-state index contributed by atoms with van der Waals surface area (Å²) in [4.78, 5) is 0. The zero-order chi connectivity index (χ0) is 12.6. The molecule has 0 N–H and O–H groups in total. The van der Waals surface area contributed by atoms with Crippen molar-refractivity contribution in [2.24, 2.45) is 0 Å². The SMILES string of the molecule is Cc1ccc(-n2ccc(C(C)(C)C)n2)c(C)c1. The fourth-order valence-electron chi connectivity index (χ4n) is 1.92. The Morgan fingerprint density at radius 2 is 1.76 bits per heavy atom. The van der Waals surface area contributed by atoms with Crippen LogP contribution in [0.5, 0.6) is 0 Å². The van der Waals surface area contributed by atoms with Crippen LogP contribution in [0.25, 0.3) is 5.69 Å². The zero-order valence-corrected chi connectivity index (χ0v) is 11.3. The Labute approximate surface area is 103 Å². The molecule has 17 heavy (non-hydrogen) atoms. The molecule has 0 atom stereocenters. The van der Waals surface area contributed by atoms with Gasteiger partial charge in [-0.1, -0.05) is 38.5 Å². The van der Waals surface area contributed by atoms with Crippen molar-refractivity contribution < 1.29 is 0 Å². The number of hydrogen-bond donors (Lipinski definition) is 0. The number of aryl methyl sites for hydroxylation is 2. The predicted octanol–water partition coefficient (Wildman–Crippen LogP) is 3.79. The van der Waals surface area contributed by atoms with Crippen molar-refractivity contribution in [1.29, 1.82) is 0 Å². The molecule has 0 saturated heterocycles. The number of aromatic nitrogens is 2. The van der Waals surface area contributed by atoms with Crippen LogP contribution in [0.1, 0.15) is 37.6 Å². The molecule has 0 aliphatic carbocycles. The Bertz CT molecular complexity index is 530. The molecule has 2 rings (SSSR count). The van der Waals surface area contributed by atoms with E-state index in [4.69, 9.17) is 0 Å². The van der Waals surface area contributed by atoms with Gasteiger partial charge in [0.05, 0.1) is 11.4 Å². The van der Waals surface area contributed by atoms with Crippen molar-refractivity contribution in [3.8, 4) is 5.69 Å². The van der Waals surface area contributed by atoms with Crippen molar-refractivity contribution in [2.45, 2.75) is 40.0 Å². The Morgan fingerprint density at radius 1 is 1.06 bits per heavy atom. The van der Waals surface area contributed by atoms with Crippen LogP contribution < -0.4 is 0 Å². The van der Waals surface area contributed by atoms with Gasteiger partial charge in [0.25, 0.3) is 0 Å². The second-order valence-electron chi connectivity index (χ2n) is 5.69. The van der Waals surface area contributed by atoms with E-state index < -0.39 is 0 Å². The summed E-state index contributed by atoms with van der Waals surface area (Å²) in [6.07, 6.45) is 2.04. The first-order chi connectivity index (χ1) is 7.88. The smallest absolute Gasteiger partial charge is 0.0682 e. The summed E-state index contributed by atoms with van der Waals surface area (Å²) < 4.78 is 1.97. The van der Waals surface area contributed by atoms with E-state index in [0.29, 0.717) is 0 Å². The average molecular weight is 228 g/mol. The molecule has 0 aliphatic rings. The molecule has 1 aromatic carbocycles. The molecule has 2 heteroatoms. The standard InChI is InChI=1S/C15H20N2/c1-11-6-7-13(12(2)10-11)17-9-8-14(16-17)15(3,4)5/h6-10H,1-5H3. The molecule has 2 nitrogen and oxygen atoms in total. The molecule has 2 aromatic rings. The van der Waals surface area contributed by atoms with Crippen LogP contribution in [0, 0.1) is 13.8 Å². The third kappa shape index (κ3) is 2.41. The Morgan fingerprint density at radius 3 is 2.29 bits per heavy atom. The Hall–Kier alpha value is -1.57. The predicted molar refractivity (Wildman–Crippen MR) is 71.7 cm³/mol. The topological polar surface area (TPSA) is 17.8 Å². The molecule has 0 spiro atoms. The summed E-state index contributed by atoms with van der Waals surface area (Å²) in [5.41, 5.74) is 4.93. The normalized spacial score (nSPS) is 11.8. The molecule has 0 saturated carbocycles. The van der Waals surface area contributed by atoms with Gasteiger partial charge >= 0.3 is 0 Å². The van der Waals surface area contributed by atoms with Gasteiger partial charge in [0.2, 0.25) is 0 Å². The highest BCUT2D eigenvalue weighted by atomic mass is 15.3. The fourth-order valence-corrected chi connectivity index (χ4v) is 1.92. The van der Waals surface area contributed by atoms with Crippen molar-refractivity contribution in [1.82, 2.24) is 9.78 Å². The molecule has 0 unspecified atom stereocenters. The number of nitrogens with zero attached hydrogens (tertiary/aromatic N) is 2. The number of hydrogen-bond acceptors (Lipinski definition) is 1. The minimum atomic E-state index is 0.101. The first kappa shape index (κ1) is 11.9. The van der Waals surface area contributed by atoms with E-state index in [1.807, 2.05) is 10.9 Å². The van der Waals surface area contributed by atoms with Crippen LogP contribution in [0.15, 0.2) is 30.5 Å². The molecular formula is C15H20N2. The van der Waals surface area contributed by atoms with Crippen molar-refractivity contribution in [2.75, 3.05) is 0 Å². The third-order valence-corrected chi connectivity index (χ3v) is 2.96. The largest absolute Gasteiger partial charge is 0.240 e. The second-order valence-corrected chi connectivity index (χ2v) is 5.69. The van der Waals surface area contributed by atoms with Gasteiger partial charge in [0, 0.05) is 11.6 Å². The molecule has 0 aliphatic heterocycles. The molecule has 1 heterocycles. The van der Waals surface area contributed by atoms with Crippen molar-refractivity contribution in [3.05, 3.63) is 47.3 Å². The van der Waals surface area contributed by atoms with E-state index in [1.165, 1.54) is 11.1 Å². The van der Waals surface area contributed by atoms with Gasteiger partial charge in [-0.2, -0.15) is 5.10 Å². The minimum Gasteiger partial charge on any atom is -0.240 e. The van der Waals surface area contributed by atoms with Gasteiger partial charge in [0.1, 0.15) is 0 Å². The van der Waals surface area contributed by atoms with Crippen LogP contribution in [0.4, 0.5) is 0 Å². The summed E-state index contributed by atoms with van der Waals surface area (Å²) in [7, 11) is 0. The maximum absolute atomic E-state index is 4.66. The first-order valence-electron chi connectivity index (χ1n) is 6.02. The lowest BCUT2D eigenvalue weighted by Gasteiger charge is -2.14. The second kappa shape index (κ2) is 4.02. The summed E-state index contributed by atoms with van der Waals surface area (Å²) in [5.74, 6) is 0. The lowest BCUT2D eigenvalue weighted by Crippen LogP contribution is -2.12. The zero-order valence-electron chi connectivity index (χ0n) is 11.3. The van der Waals surface area contributed by atoms with Gasteiger partial charge in [0.15, 0.2) is 0 Å². The molecule has 1 aromatic heterocycles. The fraction of sp³-hybridized carbons (Fsp3) is 0.400. The molecular weight excluding hydrogens is 208 g/mol. The summed E-state index contributed by atoms with van der Waals surface area (Å²) in [5, 5.41) is 4.66. The summed E-state index contributed by atoms with van der Waals surface area (Å²) in [6.45, 7) is 10.8. The van der Waals surface area contributed by atoms with Gasteiger partial charge in [-0.3, -0.25) is 0 Å². The van der Waals surface area contributed by atoms with Crippen LogP contribution >= 0.6 is 0 Å². The maximum atomic E-state index is 4.66. The number of benzene rings is 1. The molecule has 0 amide bonds. The van der Waals surface area contributed by atoms with E-state index in [2.05, 4.69) is 64.0 Å². The van der Waals surface area contributed by atoms with E-state index in [0.717, 1.165) is 11.4 Å². The monoisotopic (exact) mass is 228 g/mol. The highest BCUT2D eigenvalue weighted by molar-refractivity contribution is 5.42. The van der Waals surface area contributed by atoms with Gasteiger partial charge < -0.3 is 0 Å². The molecule has 0 bridgehead atoms. The quantitative estimate of drug-likeness (QED) is 0.726. The minimum absolute atomic E-state index is 0.101. The third-order valence-electron chi connectivity index (χ3n) is 2.96. The first-order valence-corrected chi connectivity index (χ1v) is 6.02. The lowest BCUT2D eigenvalue weighted by molar-refractivity contribution is 0.560. The van der Waals surface area contributed by atoms with E-state index in [1.54, 1.807) is 0 Å². The van der Waals surface area contributed by atoms with Crippen molar-refractivity contribution in [3.63, 3.8) is 0 Å². The highest BCUT2D eigenvalue weighted by Gasteiger charge is 2.17. The van der Waals surface area contributed by atoms with E-state index in [9.17, 15) is 0 Å². The Balaban J connectivity index is 2.44. The number of rotatable bonds is 1. The maximum Gasteiger partial charge on any atom is 0.0682 e. The van der Waals surface area contributed by atoms with Crippen LogP contribution in [-0.4, -0.2) is 9.78 Å². The van der Waals surface area contributed by atoms with Crippen molar-refractivity contribution >= 4 is 0 Å². The van der Waals surface area contributed by atoms with Gasteiger partial charge in [-0.15, -0.1) is 0 Å². The Kier molecular flexibility index (Phi) is 2.82. The van der Waals surface area contributed by atoms with Gasteiger partial charge in [-0.05, 0) is 31.5 Å². The summed E-state index contributed by atoms with van der Waals surface area (Å²) >= 11 is 0. The summed E-state index contributed by atoms with van der Waals surface area (Å²) in [6, 6.07) is 8.54. The lowest BCUT2D eigenvalue weighted by atomic mass is 9.93. The van der Waals surface area contributed by atoms with Crippen LogP contribution in [0.3, 0.4) is 0 Å².